The van der Waals surface area contributed by atoms with Crippen LogP contribution in [0.15, 0.2) is 0 Å². The standard InChI is InChI=1S/C18H37.C4H6O3.Al/c1-3-5-7-9-11-13-15-17-18-16-14-12-10-8-6-4-2;1-3(5)2-4(6)7;/h1,3-18H2,2H3;2H2,1H3,(H,6,7);/q;;+1/p-1. The third-order valence-corrected chi connectivity index (χ3v) is 4.86. The predicted octanol–water partition coefficient (Wildman–Crippen LogP) is 5.55. The molecular weight excluding hydrogens is 339 g/mol. The van der Waals surface area contributed by atoms with Gasteiger partial charge in [-0.3, -0.25) is 4.79 Å². The molecule has 0 fully saturated rings. The van der Waals surface area contributed by atoms with Gasteiger partial charge in [0.15, 0.2) is 0 Å². The summed E-state index contributed by atoms with van der Waals surface area (Å²) in [4.78, 5) is 19.3. The molecule has 0 spiro atoms. The topological polar surface area (TPSA) is 57.2 Å². The van der Waals surface area contributed by atoms with E-state index in [1.54, 1.807) is 0 Å². The Balaban J connectivity index is 0. The molecule has 0 atom stereocenters. The van der Waals surface area contributed by atoms with Crippen LogP contribution >= 0.6 is 0 Å². The summed E-state index contributed by atoms with van der Waals surface area (Å²) in [6.45, 7) is 3.50. The Labute approximate surface area is 171 Å². The van der Waals surface area contributed by atoms with Gasteiger partial charge in [-0.05, 0) is 6.92 Å². The van der Waals surface area contributed by atoms with Crippen molar-refractivity contribution < 1.29 is 14.7 Å². The summed E-state index contributed by atoms with van der Waals surface area (Å²) in [6.07, 6.45) is 22.9. The molecule has 3 nitrogen and oxygen atoms in total. The molecule has 0 N–H and O–H groups in total. The maximum atomic E-state index is 9.83. The van der Waals surface area contributed by atoms with Crippen LogP contribution in [-0.4, -0.2) is 28.0 Å². The van der Waals surface area contributed by atoms with E-state index in [4.69, 9.17) is 0 Å². The van der Waals surface area contributed by atoms with Crippen LogP contribution < -0.4 is 5.11 Å². The van der Waals surface area contributed by atoms with E-state index in [-0.39, 0.29) is 5.78 Å². The van der Waals surface area contributed by atoms with Gasteiger partial charge in [-0.2, -0.15) is 0 Å². The molecule has 0 aliphatic rings. The summed E-state index contributed by atoms with van der Waals surface area (Å²) in [5.74, 6) is -1.69. The molecule has 0 aromatic rings. The number of carboxylic acids is 1. The van der Waals surface area contributed by atoms with E-state index >= 15 is 0 Å². The van der Waals surface area contributed by atoms with E-state index in [1.807, 2.05) is 0 Å². The number of hydrogen-bond donors (Lipinski definition) is 0. The Kier molecular flexibility index (Phi) is 26.5. The fourth-order valence-electron chi connectivity index (χ4n) is 2.90. The number of carbonyl (C=O) groups is 2. The second-order valence-corrected chi connectivity index (χ2v) is 7.92. The van der Waals surface area contributed by atoms with Gasteiger partial charge < -0.3 is 9.90 Å². The van der Waals surface area contributed by atoms with Crippen molar-refractivity contribution in [2.75, 3.05) is 0 Å². The van der Waals surface area contributed by atoms with Crippen molar-refractivity contribution in [2.24, 2.45) is 0 Å². The molecule has 0 saturated heterocycles. The van der Waals surface area contributed by atoms with Crippen LogP contribution in [0.2, 0.25) is 5.28 Å². The van der Waals surface area contributed by atoms with Crippen LogP contribution in [0, 0.1) is 0 Å². The molecule has 0 amide bonds. The van der Waals surface area contributed by atoms with Crippen molar-refractivity contribution in [2.45, 2.75) is 128 Å². The van der Waals surface area contributed by atoms with Gasteiger partial charge in [0.25, 0.3) is 0 Å². The molecule has 0 unspecified atom stereocenters. The van der Waals surface area contributed by atoms with Crippen LogP contribution in [-0.2, 0) is 9.59 Å². The van der Waals surface area contributed by atoms with E-state index in [0.29, 0.717) is 0 Å². The van der Waals surface area contributed by atoms with Gasteiger partial charge in [-0.25, -0.2) is 0 Å². The number of carbonyl (C=O) groups excluding carboxylic acids is 2. The van der Waals surface area contributed by atoms with E-state index in [9.17, 15) is 14.7 Å². The minimum atomic E-state index is -1.31. The fraction of sp³-hybridized carbons (Fsp3) is 0.909. The maximum absolute atomic E-state index is 9.83. The molecule has 0 aliphatic carbocycles. The molecule has 0 bridgehead atoms. The summed E-state index contributed by atoms with van der Waals surface area (Å²) in [6, 6.07) is 0. The molecule has 0 aromatic heterocycles. The van der Waals surface area contributed by atoms with Gasteiger partial charge >= 0.3 is 92.2 Å². The van der Waals surface area contributed by atoms with E-state index in [2.05, 4.69) is 23.2 Å². The number of unbranched alkanes of at least 4 members (excludes halogenated alkanes) is 15. The molecule has 4 heteroatoms. The summed E-state index contributed by atoms with van der Waals surface area (Å²) < 4.78 is 0. The van der Waals surface area contributed by atoms with Gasteiger partial charge in [0.1, 0.15) is 5.78 Å². The average Bonchev–Trinajstić information content (AvgIpc) is 2.58. The first-order chi connectivity index (χ1) is 12.5. The van der Waals surface area contributed by atoms with Crippen molar-refractivity contribution in [1.29, 1.82) is 0 Å². The first kappa shape index (κ1) is 27.9. The van der Waals surface area contributed by atoms with Crippen LogP contribution in [0.5, 0.6) is 0 Å². The molecular formula is C22H42AlO3. The zero-order valence-electron chi connectivity index (χ0n) is 17.5. The normalized spacial score (nSPS) is 10.2. The number of carboxylic acid groups (broad SMARTS) is 1. The Morgan fingerprint density at radius 1 is 0.654 bits per heavy atom. The molecule has 0 aliphatic heterocycles. The number of hydrogen-bond acceptors (Lipinski definition) is 3. The van der Waals surface area contributed by atoms with Gasteiger partial charge in [-0.15, -0.1) is 0 Å². The molecule has 0 rings (SSSR count). The third kappa shape index (κ3) is 31.4. The monoisotopic (exact) mass is 381 g/mol. The van der Waals surface area contributed by atoms with Crippen molar-refractivity contribution in [3.05, 3.63) is 0 Å². The summed E-state index contributed by atoms with van der Waals surface area (Å²) in [7, 11) is 0. The summed E-state index contributed by atoms with van der Waals surface area (Å²) in [5, 5.41) is 10.8. The van der Waals surface area contributed by atoms with Crippen LogP contribution in [0.25, 0.3) is 0 Å². The van der Waals surface area contributed by atoms with Gasteiger partial charge in [-0.1, -0.05) is 39.0 Å². The molecule has 0 aromatic carbocycles. The predicted molar refractivity (Wildman–Crippen MR) is 110 cm³/mol. The molecule has 1 radical (unpaired) electrons. The Morgan fingerprint density at radius 2 is 0.962 bits per heavy atom. The Bertz CT molecular complexity index is 278. The van der Waals surface area contributed by atoms with Crippen molar-refractivity contribution >= 4 is 28.0 Å². The van der Waals surface area contributed by atoms with Crippen molar-refractivity contribution in [1.82, 2.24) is 0 Å². The zero-order chi connectivity index (χ0) is 19.9. The van der Waals surface area contributed by atoms with E-state index in [0.717, 1.165) is 0 Å². The van der Waals surface area contributed by atoms with E-state index in [1.165, 1.54) is 115 Å². The number of Topliss-reactive ketones (excluding diaryl/α,β-unsaturated/α-hetero) is 1. The number of aliphatic carboxylic acids is 1. The Hall–Kier alpha value is -0.328. The quantitative estimate of drug-likeness (QED) is 0.178. The van der Waals surface area contributed by atoms with Gasteiger partial charge in [0.05, 0.1) is 0 Å². The molecule has 0 saturated carbocycles. The molecule has 26 heavy (non-hydrogen) atoms. The summed E-state index contributed by atoms with van der Waals surface area (Å²) in [5.41, 5.74) is 0. The number of rotatable bonds is 18. The number of ketones is 1. The first-order valence-electron chi connectivity index (χ1n) is 10.9. The second kappa shape index (κ2) is 24.7. The molecule has 0 heterocycles. The first-order valence-corrected chi connectivity index (χ1v) is 11.8. The second-order valence-electron chi connectivity index (χ2n) is 7.34. The Morgan fingerprint density at radius 3 is 1.15 bits per heavy atom. The van der Waals surface area contributed by atoms with Crippen molar-refractivity contribution in [3.8, 4) is 0 Å². The van der Waals surface area contributed by atoms with Crippen LogP contribution in [0.3, 0.4) is 0 Å². The van der Waals surface area contributed by atoms with Gasteiger partial charge in [0, 0.05) is 12.4 Å². The van der Waals surface area contributed by atoms with Crippen LogP contribution in [0.4, 0.5) is 0 Å². The average molecular weight is 382 g/mol. The van der Waals surface area contributed by atoms with Gasteiger partial charge in [0.2, 0.25) is 0 Å². The summed E-state index contributed by atoms with van der Waals surface area (Å²) >= 11 is 2.83. The van der Waals surface area contributed by atoms with E-state index < -0.39 is 12.4 Å². The minimum absolute atomic E-state index is 0.375. The SMILES string of the molecule is CC(=O)CC(=O)[O-].CCCCCCCCCCCCCCCCC[CH2][Al+]. The third-order valence-electron chi connectivity index (χ3n) is 4.45. The van der Waals surface area contributed by atoms with Crippen LogP contribution in [0.1, 0.15) is 123 Å². The zero-order valence-corrected chi connectivity index (χ0v) is 18.7. The van der Waals surface area contributed by atoms with Crippen molar-refractivity contribution in [3.63, 3.8) is 0 Å². The fourth-order valence-corrected chi connectivity index (χ4v) is 3.18. The molecule has 151 valence electrons.